The number of hydrogen-bond donors (Lipinski definition) is 2. The highest BCUT2D eigenvalue weighted by atomic mass is 19.1. The van der Waals surface area contributed by atoms with Gasteiger partial charge in [-0.3, -0.25) is 9.48 Å². The molecule has 24 heavy (non-hydrogen) atoms. The molecule has 0 bridgehead atoms. The number of nitrogens with zero attached hydrogens (tertiary/aromatic N) is 2. The minimum absolute atomic E-state index is 0.0998. The van der Waals surface area contributed by atoms with Crippen LogP contribution < -0.4 is 15.4 Å². The Balaban J connectivity index is 1.60. The quantitative estimate of drug-likeness (QED) is 0.686. The number of aromatic nitrogens is 2. The van der Waals surface area contributed by atoms with Crippen LogP contribution in [0.3, 0.4) is 0 Å². The van der Waals surface area contributed by atoms with Gasteiger partial charge >= 0.3 is 0 Å². The first-order valence-corrected chi connectivity index (χ1v) is 7.94. The van der Waals surface area contributed by atoms with Crippen molar-refractivity contribution in [2.45, 2.75) is 25.9 Å². The fourth-order valence-corrected chi connectivity index (χ4v) is 2.13. The molecule has 0 aliphatic rings. The smallest absolute Gasteiger partial charge is 0.234 e. The average Bonchev–Trinajstić information content (AvgIpc) is 3.12. The Hall–Kier alpha value is -2.41. The highest BCUT2D eigenvalue weighted by molar-refractivity contribution is 5.77. The molecule has 1 amide bonds. The van der Waals surface area contributed by atoms with E-state index in [4.69, 9.17) is 4.74 Å². The molecule has 0 fully saturated rings. The standard InChI is InChI=1S/C17H23FN4O2/c1-13(14(2)22-10-3-8-21-22)20-12-17(23)19-9-11-24-16-6-4-15(18)5-7-16/h3-8,10,13-14,20H,9,11-12H2,1-2H3,(H,19,23)/t13-,14+/m1/s1. The minimum Gasteiger partial charge on any atom is -0.492 e. The van der Waals surface area contributed by atoms with E-state index in [9.17, 15) is 9.18 Å². The Morgan fingerprint density at radius 2 is 2.08 bits per heavy atom. The second-order valence-corrected chi connectivity index (χ2v) is 5.55. The topological polar surface area (TPSA) is 68.2 Å². The molecule has 1 heterocycles. The van der Waals surface area contributed by atoms with Gasteiger partial charge in [-0.1, -0.05) is 0 Å². The normalized spacial score (nSPS) is 13.3. The highest BCUT2D eigenvalue weighted by Crippen LogP contribution is 2.10. The third-order valence-corrected chi connectivity index (χ3v) is 3.76. The second kappa shape index (κ2) is 9.02. The second-order valence-electron chi connectivity index (χ2n) is 5.55. The van der Waals surface area contributed by atoms with Gasteiger partial charge in [0.1, 0.15) is 18.2 Å². The maximum absolute atomic E-state index is 12.8. The number of carbonyl (C=O) groups is 1. The molecular formula is C17H23FN4O2. The van der Waals surface area contributed by atoms with Crippen LogP contribution in [0.5, 0.6) is 5.75 Å². The Labute approximate surface area is 141 Å². The number of hydrogen-bond acceptors (Lipinski definition) is 4. The zero-order valence-corrected chi connectivity index (χ0v) is 13.9. The lowest BCUT2D eigenvalue weighted by Crippen LogP contribution is -2.42. The molecule has 0 radical (unpaired) electrons. The Bertz CT molecular complexity index is 616. The van der Waals surface area contributed by atoms with Crippen molar-refractivity contribution in [1.29, 1.82) is 0 Å². The van der Waals surface area contributed by atoms with Crippen LogP contribution in [-0.4, -0.2) is 41.4 Å². The van der Waals surface area contributed by atoms with Gasteiger partial charge in [-0.2, -0.15) is 5.10 Å². The summed E-state index contributed by atoms with van der Waals surface area (Å²) in [5, 5.41) is 10.1. The van der Waals surface area contributed by atoms with Gasteiger partial charge in [0.25, 0.3) is 0 Å². The summed E-state index contributed by atoms with van der Waals surface area (Å²) in [6, 6.07) is 7.89. The first kappa shape index (κ1) is 17.9. The van der Waals surface area contributed by atoms with Crippen molar-refractivity contribution in [3.05, 3.63) is 48.5 Å². The van der Waals surface area contributed by atoms with E-state index in [0.717, 1.165) is 0 Å². The molecule has 2 atom stereocenters. The number of rotatable bonds is 9. The van der Waals surface area contributed by atoms with E-state index in [2.05, 4.69) is 15.7 Å². The van der Waals surface area contributed by atoms with Crippen molar-refractivity contribution in [1.82, 2.24) is 20.4 Å². The van der Waals surface area contributed by atoms with Gasteiger partial charge in [-0.05, 0) is 44.2 Å². The van der Waals surface area contributed by atoms with E-state index >= 15 is 0 Å². The van der Waals surface area contributed by atoms with Crippen molar-refractivity contribution in [3.63, 3.8) is 0 Å². The van der Waals surface area contributed by atoms with Gasteiger partial charge in [0.2, 0.25) is 5.91 Å². The van der Waals surface area contributed by atoms with Crippen LogP contribution in [0.25, 0.3) is 0 Å². The van der Waals surface area contributed by atoms with E-state index in [0.29, 0.717) is 18.9 Å². The van der Waals surface area contributed by atoms with Crippen molar-refractivity contribution in [2.24, 2.45) is 0 Å². The first-order valence-electron chi connectivity index (χ1n) is 7.94. The van der Waals surface area contributed by atoms with Crippen LogP contribution in [0.15, 0.2) is 42.7 Å². The van der Waals surface area contributed by atoms with Gasteiger partial charge in [0.15, 0.2) is 0 Å². The molecular weight excluding hydrogens is 311 g/mol. The number of benzene rings is 1. The van der Waals surface area contributed by atoms with Gasteiger partial charge in [0, 0.05) is 18.4 Å². The lowest BCUT2D eigenvalue weighted by Gasteiger charge is -2.21. The summed E-state index contributed by atoms with van der Waals surface area (Å²) in [4.78, 5) is 11.8. The average molecular weight is 334 g/mol. The molecule has 6 nitrogen and oxygen atoms in total. The van der Waals surface area contributed by atoms with Crippen LogP contribution in [0.2, 0.25) is 0 Å². The molecule has 1 aromatic heterocycles. The SMILES string of the molecule is C[C@@H](NCC(=O)NCCOc1ccc(F)cc1)[C@H](C)n1cccn1. The minimum atomic E-state index is -0.305. The molecule has 2 N–H and O–H groups in total. The monoisotopic (exact) mass is 334 g/mol. The van der Waals surface area contributed by atoms with Crippen molar-refractivity contribution >= 4 is 5.91 Å². The largest absolute Gasteiger partial charge is 0.492 e. The first-order chi connectivity index (χ1) is 11.6. The number of ether oxygens (including phenoxy) is 1. The predicted molar refractivity (Wildman–Crippen MR) is 89.3 cm³/mol. The van der Waals surface area contributed by atoms with E-state index in [1.165, 1.54) is 12.1 Å². The molecule has 0 aliphatic heterocycles. The van der Waals surface area contributed by atoms with E-state index in [1.807, 2.05) is 30.8 Å². The molecule has 2 rings (SSSR count). The fourth-order valence-electron chi connectivity index (χ4n) is 2.13. The van der Waals surface area contributed by atoms with Crippen molar-refractivity contribution in [2.75, 3.05) is 19.7 Å². The molecule has 0 saturated carbocycles. The zero-order valence-electron chi connectivity index (χ0n) is 13.9. The summed E-state index contributed by atoms with van der Waals surface area (Å²) in [5.74, 6) is 0.169. The van der Waals surface area contributed by atoms with Gasteiger partial charge in [-0.15, -0.1) is 0 Å². The molecule has 2 aromatic rings. The summed E-state index contributed by atoms with van der Waals surface area (Å²) in [7, 11) is 0. The molecule has 7 heteroatoms. The Kier molecular flexibility index (Phi) is 6.74. The summed E-state index contributed by atoms with van der Waals surface area (Å²) in [5.41, 5.74) is 0. The lowest BCUT2D eigenvalue weighted by atomic mass is 10.2. The Morgan fingerprint density at radius 1 is 1.33 bits per heavy atom. The van der Waals surface area contributed by atoms with Crippen molar-refractivity contribution < 1.29 is 13.9 Å². The van der Waals surface area contributed by atoms with Crippen LogP contribution in [0.4, 0.5) is 4.39 Å². The zero-order chi connectivity index (χ0) is 17.4. The lowest BCUT2D eigenvalue weighted by molar-refractivity contribution is -0.120. The summed E-state index contributed by atoms with van der Waals surface area (Å²) >= 11 is 0. The van der Waals surface area contributed by atoms with Gasteiger partial charge in [-0.25, -0.2) is 4.39 Å². The molecule has 1 aromatic carbocycles. The number of amides is 1. The fraction of sp³-hybridized carbons (Fsp3) is 0.412. The number of nitrogens with one attached hydrogen (secondary N) is 2. The van der Waals surface area contributed by atoms with Crippen LogP contribution in [-0.2, 0) is 4.79 Å². The maximum Gasteiger partial charge on any atom is 0.234 e. The summed E-state index contributed by atoms with van der Waals surface area (Å²) in [6.07, 6.45) is 3.63. The predicted octanol–water partition coefficient (Wildman–Crippen LogP) is 1.76. The summed E-state index contributed by atoms with van der Waals surface area (Å²) in [6.45, 7) is 5.00. The Morgan fingerprint density at radius 3 is 2.75 bits per heavy atom. The van der Waals surface area contributed by atoms with Gasteiger partial charge in [0.05, 0.1) is 19.1 Å². The molecule has 0 spiro atoms. The third-order valence-electron chi connectivity index (χ3n) is 3.76. The molecule has 0 unspecified atom stereocenters. The maximum atomic E-state index is 12.8. The molecule has 0 saturated heterocycles. The van der Waals surface area contributed by atoms with Crippen LogP contribution in [0, 0.1) is 5.82 Å². The highest BCUT2D eigenvalue weighted by Gasteiger charge is 2.14. The van der Waals surface area contributed by atoms with Gasteiger partial charge < -0.3 is 15.4 Å². The van der Waals surface area contributed by atoms with Crippen molar-refractivity contribution in [3.8, 4) is 5.75 Å². The summed E-state index contributed by atoms with van der Waals surface area (Å²) < 4.78 is 20.0. The van der Waals surface area contributed by atoms with Crippen LogP contribution in [0.1, 0.15) is 19.9 Å². The van der Waals surface area contributed by atoms with E-state index < -0.39 is 0 Å². The molecule has 0 aliphatic carbocycles. The van der Waals surface area contributed by atoms with Crippen LogP contribution >= 0.6 is 0 Å². The van der Waals surface area contributed by atoms with E-state index in [-0.39, 0.29) is 30.4 Å². The number of carbonyl (C=O) groups excluding carboxylic acids is 1. The number of halogens is 1. The third kappa shape index (κ3) is 5.66. The van der Waals surface area contributed by atoms with E-state index in [1.54, 1.807) is 18.3 Å². The molecule has 130 valence electrons.